The highest BCUT2D eigenvalue weighted by atomic mass is 16.5. The number of carbonyl (C=O) groups excluding carboxylic acids is 2. The molecule has 0 saturated carbocycles. The van der Waals surface area contributed by atoms with E-state index in [1.54, 1.807) is 6.07 Å². The number of fused-ring (bicyclic) bond motifs is 2. The van der Waals surface area contributed by atoms with Gasteiger partial charge < -0.3 is 20.1 Å². The van der Waals surface area contributed by atoms with Gasteiger partial charge in [0, 0.05) is 11.1 Å². The average molecular weight is 286 g/mol. The summed E-state index contributed by atoms with van der Waals surface area (Å²) in [6.07, 6.45) is 0. The molecule has 0 unspecified atom stereocenters. The smallest absolute Gasteiger partial charge is 0.201 e. The predicted molar refractivity (Wildman–Crippen MR) is 71.3 cm³/mol. The topological polar surface area (TPSA) is 104 Å². The van der Waals surface area contributed by atoms with Crippen LogP contribution in [0.25, 0.3) is 0 Å². The van der Waals surface area contributed by atoms with Crippen molar-refractivity contribution in [1.82, 2.24) is 0 Å². The third kappa shape index (κ3) is 1.59. The third-order valence-corrected chi connectivity index (χ3v) is 3.44. The van der Waals surface area contributed by atoms with Crippen molar-refractivity contribution < 1.29 is 29.6 Å². The van der Waals surface area contributed by atoms with E-state index in [4.69, 9.17) is 4.74 Å². The molecule has 21 heavy (non-hydrogen) atoms. The Morgan fingerprint density at radius 3 is 2.24 bits per heavy atom. The molecular formula is C15H10O6. The monoisotopic (exact) mass is 286 g/mol. The molecular weight excluding hydrogens is 276 g/mol. The van der Waals surface area contributed by atoms with Crippen LogP contribution in [0.1, 0.15) is 31.8 Å². The van der Waals surface area contributed by atoms with Crippen molar-refractivity contribution in [2.45, 2.75) is 0 Å². The Morgan fingerprint density at radius 1 is 0.905 bits per heavy atom. The van der Waals surface area contributed by atoms with Crippen molar-refractivity contribution in [3.63, 3.8) is 0 Å². The molecule has 0 aromatic heterocycles. The molecule has 2 aromatic rings. The number of methoxy groups -OCH3 is 1. The van der Waals surface area contributed by atoms with Crippen molar-refractivity contribution in [2.75, 3.05) is 7.11 Å². The molecule has 0 amide bonds. The molecule has 3 N–H and O–H groups in total. The normalized spacial score (nSPS) is 12.8. The number of phenols is 3. The lowest BCUT2D eigenvalue weighted by Gasteiger charge is -2.20. The highest BCUT2D eigenvalue weighted by Crippen LogP contribution is 2.44. The minimum Gasteiger partial charge on any atom is -0.504 e. The summed E-state index contributed by atoms with van der Waals surface area (Å²) in [5.41, 5.74) is -0.352. The maximum absolute atomic E-state index is 12.5. The molecule has 0 atom stereocenters. The first kappa shape index (κ1) is 13.0. The van der Waals surface area contributed by atoms with Crippen LogP contribution < -0.4 is 4.74 Å². The van der Waals surface area contributed by atoms with Gasteiger partial charge >= 0.3 is 0 Å². The third-order valence-electron chi connectivity index (χ3n) is 3.44. The highest BCUT2D eigenvalue weighted by molar-refractivity contribution is 6.30. The summed E-state index contributed by atoms with van der Waals surface area (Å²) < 4.78 is 5.08. The fourth-order valence-electron chi connectivity index (χ4n) is 2.45. The number of hydrogen-bond acceptors (Lipinski definition) is 6. The molecule has 0 radical (unpaired) electrons. The van der Waals surface area contributed by atoms with Gasteiger partial charge in [0.15, 0.2) is 23.1 Å². The molecule has 1 aliphatic carbocycles. The molecule has 6 nitrogen and oxygen atoms in total. The molecule has 106 valence electrons. The maximum Gasteiger partial charge on any atom is 0.201 e. The van der Waals surface area contributed by atoms with Gasteiger partial charge in [-0.3, -0.25) is 9.59 Å². The van der Waals surface area contributed by atoms with Crippen molar-refractivity contribution in [1.29, 1.82) is 0 Å². The van der Waals surface area contributed by atoms with Gasteiger partial charge in [0.1, 0.15) is 5.75 Å². The minimum atomic E-state index is -0.832. The summed E-state index contributed by atoms with van der Waals surface area (Å²) in [4.78, 5) is 25.0. The first-order valence-corrected chi connectivity index (χ1v) is 6.01. The van der Waals surface area contributed by atoms with Gasteiger partial charge in [-0.1, -0.05) is 12.1 Å². The Kier molecular flexibility index (Phi) is 2.62. The molecule has 0 aliphatic heterocycles. The number of rotatable bonds is 1. The molecule has 6 heteroatoms. The number of benzene rings is 2. The van der Waals surface area contributed by atoms with Gasteiger partial charge in [-0.15, -0.1) is 0 Å². The standard InChI is InChI=1S/C15H10O6/c1-21-9-4-2-3-6-10(9)13(18)7-5-8(16)14(19)15(20)11(7)12(6)17/h2-5,16,19-20H,1H3. The van der Waals surface area contributed by atoms with Crippen LogP contribution in [-0.4, -0.2) is 34.0 Å². The van der Waals surface area contributed by atoms with E-state index >= 15 is 0 Å². The molecule has 0 fully saturated rings. The van der Waals surface area contributed by atoms with Crippen LogP contribution in [-0.2, 0) is 0 Å². The second-order valence-electron chi connectivity index (χ2n) is 4.56. The Bertz CT molecular complexity index is 806. The lowest BCUT2D eigenvalue weighted by molar-refractivity contribution is 0.0973. The van der Waals surface area contributed by atoms with E-state index in [0.717, 1.165) is 6.07 Å². The summed E-state index contributed by atoms with van der Waals surface area (Å²) in [6.45, 7) is 0. The zero-order valence-electron chi connectivity index (χ0n) is 10.9. The Hall–Kier alpha value is -3.02. The summed E-state index contributed by atoms with van der Waals surface area (Å²) in [6, 6.07) is 5.48. The van der Waals surface area contributed by atoms with Crippen molar-refractivity contribution in [3.8, 4) is 23.0 Å². The zero-order valence-corrected chi connectivity index (χ0v) is 10.9. The van der Waals surface area contributed by atoms with Crippen LogP contribution in [0.15, 0.2) is 24.3 Å². The lowest BCUT2D eigenvalue weighted by Crippen LogP contribution is -2.21. The number of ketones is 2. The Morgan fingerprint density at radius 2 is 1.57 bits per heavy atom. The van der Waals surface area contributed by atoms with Crippen molar-refractivity contribution in [3.05, 3.63) is 46.5 Å². The van der Waals surface area contributed by atoms with Crippen LogP contribution in [0, 0.1) is 0 Å². The molecule has 2 aromatic carbocycles. The lowest BCUT2D eigenvalue weighted by atomic mass is 9.82. The quantitative estimate of drug-likeness (QED) is 0.587. The number of carbonyl (C=O) groups is 2. The second kappa shape index (κ2) is 4.24. The molecule has 0 spiro atoms. The largest absolute Gasteiger partial charge is 0.504 e. The van der Waals surface area contributed by atoms with E-state index in [-0.39, 0.29) is 28.0 Å². The summed E-state index contributed by atoms with van der Waals surface area (Å²) in [5, 5.41) is 28.9. The van der Waals surface area contributed by atoms with Crippen LogP contribution in [0.3, 0.4) is 0 Å². The number of hydrogen-bond donors (Lipinski definition) is 3. The maximum atomic E-state index is 12.5. The fourth-order valence-corrected chi connectivity index (χ4v) is 2.45. The Labute approximate surface area is 118 Å². The Balaban J connectivity index is 2.39. The van der Waals surface area contributed by atoms with Crippen molar-refractivity contribution >= 4 is 11.6 Å². The predicted octanol–water partition coefficient (Wildman–Crippen LogP) is 1.59. The van der Waals surface area contributed by atoms with Gasteiger partial charge in [-0.2, -0.15) is 0 Å². The zero-order chi connectivity index (χ0) is 15.3. The second-order valence-corrected chi connectivity index (χ2v) is 4.56. The molecule has 0 heterocycles. The first-order valence-electron chi connectivity index (χ1n) is 6.01. The number of phenolic OH excluding ortho intramolecular Hbond substituents is 3. The number of aromatic hydroxyl groups is 3. The van der Waals surface area contributed by atoms with Gasteiger partial charge in [-0.05, 0) is 12.1 Å². The van der Waals surface area contributed by atoms with Crippen molar-refractivity contribution in [2.24, 2.45) is 0 Å². The van der Waals surface area contributed by atoms with Crippen LogP contribution in [0.2, 0.25) is 0 Å². The van der Waals surface area contributed by atoms with E-state index < -0.39 is 28.8 Å². The van der Waals surface area contributed by atoms with E-state index in [2.05, 4.69) is 0 Å². The molecule has 0 bridgehead atoms. The van der Waals surface area contributed by atoms with Gasteiger partial charge in [0.05, 0.1) is 18.2 Å². The van der Waals surface area contributed by atoms with Gasteiger partial charge in [0.2, 0.25) is 5.75 Å². The molecule has 0 saturated heterocycles. The summed E-state index contributed by atoms with van der Waals surface area (Å²) >= 11 is 0. The molecule has 1 aliphatic rings. The van der Waals surface area contributed by atoms with Crippen LogP contribution >= 0.6 is 0 Å². The van der Waals surface area contributed by atoms with E-state index in [0.29, 0.717) is 0 Å². The summed E-state index contributed by atoms with van der Waals surface area (Å²) in [7, 11) is 1.37. The fraction of sp³-hybridized carbons (Fsp3) is 0.0667. The van der Waals surface area contributed by atoms with E-state index in [1.165, 1.54) is 19.2 Å². The molecule has 3 rings (SSSR count). The van der Waals surface area contributed by atoms with E-state index in [1.807, 2.05) is 0 Å². The minimum absolute atomic E-state index is 0.0713. The van der Waals surface area contributed by atoms with Crippen LogP contribution in [0.4, 0.5) is 0 Å². The van der Waals surface area contributed by atoms with Gasteiger partial charge in [-0.25, -0.2) is 0 Å². The summed E-state index contributed by atoms with van der Waals surface area (Å²) in [5.74, 6) is -3.28. The highest BCUT2D eigenvalue weighted by Gasteiger charge is 2.36. The average Bonchev–Trinajstić information content (AvgIpc) is 2.49. The first-order chi connectivity index (χ1) is 9.97. The van der Waals surface area contributed by atoms with Gasteiger partial charge in [0.25, 0.3) is 0 Å². The van der Waals surface area contributed by atoms with Crippen LogP contribution in [0.5, 0.6) is 23.0 Å². The number of ether oxygens (including phenoxy) is 1. The SMILES string of the molecule is COc1cccc2c1C(=O)c1cc(O)c(O)c(O)c1C2=O. The van der Waals surface area contributed by atoms with E-state index in [9.17, 15) is 24.9 Å².